The number of thioether (sulfide) groups is 1. The molecule has 128 valence electrons. The SMILES string of the molecule is COC1CCC2C(OC)CCC1N2CCSC1CCOCC1. The van der Waals surface area contributed by atoms with Gasteiger partial charge in [-0.3, -0.25) is 4.90 Å². The molecule has 0 spiro atoms. The Labute approximate surface area is 139 Å². The molecule has 4 nitrogen and oxygen atoms in total. The van der Waals surface area contributed by atoms with Gasteiger partial charge in [0.25, 0.3) is 0 Å². The second kappa shape index (κ2) is 8.34. The average Bonchev–Trinajstić information content (AvgIpc) is 2.56. The van der Waals surface area contributed by atoms with Crippen molar-refractivity contribution in [1.29, 1.82) is 0 Å². The zero-order valence-corrected chi connectivity index (χ0v) is 14.9. The van der Waals surface area contributed by atoms with Crippen LogP contribution in [0.2, 0.25) is 0 Å². The minimum absolute atomic E-state index is 0.419. The van der Waals surface area contributed by atoms with E-state index in [1.807, 2.05) is 14.2 Å². The van der Waals surface area contributed by atoms with Crippen molar-refractivity contribution in [2.45, 2.75) is 68.1 Å². The Morgan fingerprint density at radius 1 is 0.909 bits per heavy atom. The summed E-state index contributed by atoms with van der Waals surface area (Å²) in [5.41, 5.74) is 0. The highest BCUT2D eigenvalue weighted by Gasteiger charge is 2.44. The Hall–Kier alpha value is 0.190. The lowest BCUT2D eigenvalue weighted by atomic mass is 9.81. The standard InChI is InChI=1S/C17H31NO3S/c1-19-16-5-3-15-17(20-2)6-4-14(16)18(15)9-12-22-13-7-10-21-11-8-13/h13-17H,3-12H2,1-2H3. The Bertz CT molecular complexity index is 318. The molecular formula is C17H31NO3S. The molecule has 5 heteroatoms. The van der Waals surface area contributed by atoms with Crippen molar-refractivity contribution in [3.8, 4) is 0 Å². The molecular weight excluding hydrogens is 298 g/mol. The van der Waals surface area contributed by atoms with E-state index in [0.717, 1.165) is 18.5 Å². The number of fused-ring (bicyclic) bond motifs is 2. The van der Waals surface area contributed by atoms with Gasteiger partial charge in [-0.05, 0) is 38.5 Å². The fourth-order valence-electron chi connectivity index (χ4n) is 4.48. The van der Waals surface area contributed by atoms with Crippen molar-refractivity contribution in [1.82, 2.24) is 4.90 Å². The van der Waals surface area contributed by atoms with Crippen LogP contribution in [0.3, 0.4) is 0 Å². The van der Waals surface area contributed by atoms with Crippen LogP contribution in [0.4, 0.5) is 0 Å². The number of methoxy groups -OCH3 is 2. The molecule has 0 amide bonds. The number of hydrogen-bond acceptors (Lipinski definition) is 5. The van der Waals surface area contributed by atoms with Crippen molar-refractivity contribution in [3.05, 3.63) is 0 Å². The van der Waals surface area contributed by atoms with Crippen LogP contribution in [0.1, 0.15) is 38.5 Å². The van der Waals surface area contributed by atoms with Crippen molar-refractivity contribution < 1.29 is 14.2 Å². The van der Waals surface area contributed by atoms with Gasteiger partial charge in [0.15, 0.2) is 0 Å². The second-order valence-electron chi connectivity index (χ2n) is 6.76. The van der Waals surface area contributed by atoms with Gasteiger partial charge in [-0.2, -0.15) is 11.8 Å². The molecule has 4 atom stereocenters. The van der Waals surface area contributed by atoms with Gasteiger partial charge in [0.05, 0.1) is 12.2 Å². The van der Waals surface area contributed by atoms with Crippen LogP contribution in [-0.2, 0) is 14.2 Å². The van der Waals surface area contributed by atoms with E-state index < -0.39 is 0 Å². The third kappa shape index (κ3) is 3.81. The topological polar surface area (TPSA) is 30.9 Å². The van der Waals surface area contributed by atoms with Crippen LogP contribution < -0.4 is 0 Å². The summed E-state index contributed by atoms with van der Waals surface area (Å²) in [6.45, 7) is 3.07. The Morgan fingerprint density at radius 3 is 2.05 bits per heavy atom. The van der Waals surface area contributed by atoms with Crippen molar-refractivity contribution >= 4 is 11.8 Å². The van der Waals surface area contributed by atoms with E-state index in [1.165, 1.54) is 50.8 Å². The molecule has 0 aliphatic carbocycles. The first-order valence-electron chi connectivity index (χ1n) is 8.84. The summed E-state index contributed by atoms with van der Waals surface area (Å²) in [4.78, 5) is 2.71. The average molecular weight is 330 g/mol. The maximum Gasteiger partial charge on any atom is 0.0727 e. The molecule has 0 N–H and O–H groups in total. The third-order valence-electron chi connectivity index (χ3n) is 5.68. The summed E-state index contributed by atoms with van der Waals surface area (Å²) in [5.74, 6) is 1.23. The van der Waals surface area contributed by atoms with Crippen LogP contribution >= 0.6 is 11.8 Å². The lowest BCUT2D eigenvalue weighted by Gasteiger charge is -2.52. The monoisotopic (exact) mass is 329 g/mol. The van der Waals surface area contributed by atoms with Crippen molar-refractivity contribution in [2.24, 2.45) is 0 Å². The zero-order chi connectivity index (χ0) is 15.4. The van der Waals surface area contributed by atoms with Crippen LogP contribution in [0, 0.1) is 0 Å². The summed E-state index contributed by atoms with van der Waals surface area (Å²) in [6.07, 6.45) is 8.09. The summed E-state index contributed by atoms with van der Waals surface area (Å²) in [7, 11) is 3.75. The van der Waals surface area contributed by atoms with Crippen molar-refractivity contribution in [3.63, 3.8) is 0 Å². The van der Waals surface area contributed by atoms with E-state index in [0.29, 0.717) is 24.3 Å². The molecule has 3 heterocycles. The highest BCUT2D eigenvalue weighted by Crippen LogP contribution is 2.37. The maximum absolute atomic E-state index is 5.77. The van der Waals surface area contributed by atoms with Crippen LogP contribution in [0.25, 0.3) is 0 Å². The molecule has 2 bridgehead atoms. The van der Waals surface area contributed by atoms with Gasteiger partial charge in [0.2, 0.25) is 0 Å². The lowest BCUT2D eigenvalue weighted by Crippen LogP contribution is -2.61. The largest absolute Gasteiger partial charge is 0.381 e. The van der Waals surface area contributed by atoms with Gasteiger partial charge >= 0.3 is 0 Å². The minimum Gasteiger partial charge on any atom is -0.381 e. The van der Waals surface area contributed by atoms with E-state index in [9.17, 15) is 0 Å². The molecule has 4 unspecified atom stereocenters. The number of nitrogens with zero attached hydrogens (tertiary/aromatic N) is 1. The Morgan fingerprint density at radius 2 is 1.50 bits per heavy atom. The predicted octanol–water partition coefficient (Wildman–Crippen LogP) is 2.56. The Balaban J connectivity index is 1.54. The molecule has 3 saturated heterocycles. The number of hydrogen-bond donors (Lipinski definition) is 0. The van der Waals surface area contributed by atoms with Gasteiger partial charge in [-0.25, -0.2) is 0 Å². The minimum atomic E-state index is 0.419. The van der Waals surface area contributed by atoms with E-state index in [2.05, 4.69) is 16.7 Å². The Kier molecular flexibility index (Phi) is 6.45. The van der Waals surface area contributed by atoms with Gasteiger partial charge in [0, 0.05) is 57.1 Å². The van der Waals surface area contributed by atoms with Gasteiger partial charge in [-0.15, -0.1) is 0 Å². The highest BCUT2D eigenvalue weighted by molar-refractivity contribution is 7.99. The molecule has 22 heavy (non-hydrogen) atoms. The molecule has 3 aliphatic heterocycles. The van der Waals surface area contributed by atoms with Gasteiger partial charge in [0.1, 0.15) is 0 Å². The second-order valence-corrected chi connectivity index (χ2v) is 8.17. The van der Waals surface area contributed by atoms with Gasteiger partial charge < -0.3 is 14.2 Å². The van der Waals surface area contributed by atoms with Crippen molar-refractivity contribution in [2.75, 3.05) is 39.7 Å². The first-order valence-corrected chi connectivity index (χ1v) is 9.89. The first kappa shape index (κ1) is 17.0. The van der Waals surface area contributed by atoms with E-state index in [1.54, 1.807) is 0 Å². The van der Waals surface area contributed by atoms with Crippen LogP contribution in [-0.4, -0.2) is 74.2 Å². The maximum atomic E-state index is 5.77. The molecule has 3 aliphatic rings. The summed E-state index contributed by atoms with van der Waals surface area (Å²) < 4.78 is 17.0. The molecule has 0 aromatic heterocycles. The normalized spacial score (nSPS) is 37.4. The third-order valence-corrected chi connectivity index (χ3v) is 7.04. The molecule has 0 radical (unpaired) electrons. The first-order chi connectivity index (χ1) is 10.8. The van der Waals surface area contributed by atoms with Crippen LogP contribution in [0.15, 0.2) is 0 Å². The fourth-order valence-corrected chi connectivity index (χ4v) is 5.66. The van der Waals surface area contributed by atoms with E-state index >= 15 is 0 Å². The van der Waals surface area contributed by atoms with Gasteiger partial charge in [-0.1, -0.05) is 0 Å². The smallest absolute Gasteiger partial charge is 0.0727 e. The quantitative estimate of drug-likeness (QED) is 0.747. The number of rotatable bonds is 6. The summed E-state index contributed by atoms with van der Waals surface area (Å²) in [6, 6.07) is 1.20. The number of piperidine rings is 2. The van der Waals surface area contributed by atoms with Crippen LogP contribution in [0.5, 0.6) is 0 Å². The van der Waals surface area contributed by atoms with E-state index in [-0.39, 0.29) is 0 Å². The molecule has 0 aromatic rings. The molecule has 0 aromatic carbocycles. The molecule has 0 saturated carbocycles. The summed E-state index contributed by atoms with van der Waals surface area (Å²) >= 11 is 2.14. The summed E-state index contributed by atoms with van der Waals surface area (Å²) in [5, 5.41) is 0.801. The zero-order valence-electron chi connectivity index (χ0n) is 14.0. The molecule has 3 fully saturated rings. The highest BCUT2D eigenvalue weighted by atomic mass is 32.2. The van der Waals surface area contributed by atoms with E-state index in [4.69, 9.17) is 14.2 Å². The fraction of sp³-hybridized carbons (Fsp3) is 1.00. The number of ether oxygens (including phenoxy) is 3. The molecule has 3 rings (SSSR count). The predicted molar refractivity (Wildman–Crippen MR) is 90.6 cm³/mol. The lowest BCUT2D eigenvalue weighted by molar-refractivity contribution is -0.115.